The minimum atomic E-state index is -0.0389. The molecule has 6 nitrogen and oxygen atoms in total. The first-order chi connectivity index (χ1) is 14.4. The number of ketones is 1. The van der Waals surface area contributed by atoms with Crippen molar-refractivity contribution in [2.45, 2.75) is 72.4 Å². The molecule has 0 aliphatic carbocycles. The Morgan fingerprint density at radius 3 is 2.77 bits per heavy atom. The maximum Gasteiger partial charge on any atom is 0.231 e. The lowest BCUT2D eigenvalue weighted by atomic mass is 10.0. The summed E-state index contributed by atoms with van der Waals surface area (Å²) >= 11 is 0. The first-order valence-electron chi connectivity index (χ1n) is 11.1. The SMILES string of the molecule is CCCc1c(OCCCN2CCCCC2NC(C)=O)ccc2c1OC(=C(C)C)C2=O. The lowest BCUT2D eigenvalue weighted by molar-refractivity contribution is -0.121. The molecule has 0 aromatic heterocycles. The maximum absolute atomic E-state index is 12.6. The van der Waals surface area contributed by atoms with Gasteiger partial charge in [0.15, 0.2) is 5.76 Å². The van der Waals surface area contributed by atoms with Crippen LogP contribution in [0.1, 0.15) is 75.7 Å². The first-order valence-corrected chi connectivity index (χ1v) is 11.1. The van der Waals surface area contributed by atoms with E-state index in [1.165, 1.54) is 6.42 Å². The summed E-state index contributed by atoms with van der Waals surface area (Å²) in [6.45, 7) is 9.95. The van der Waals surface area contributed by atoms with Crippen molar-refractivity contribution in [2.75, 3.05) is 19.7 Å². The zero-order valence-electron chi connectivity index (χ0n) is 18.7. The second-order valence-electron chi connectivity index (χ2n) is 8.38. The van der Waals surface area contributed by atoms with Crippen LogP contribution in [0.15, 0.2) is 23.5 Å². The molecule has 0 bridgehead atoms. The summed E-state index contributed by atoms with van der Waals surface area (Å²) < 4.78 is 12.1. The average molecular weight is 415 g/mol. The van der Waals surface area contributed by atoms with Crippen LogP contribution in [0.2, 0.25) is 0 Å². The quantitative estimate of drug-likeness (QED) is 0.509. The second-order valence-corrected chi connectivity index (χ2v) is 8.38. The molecule has 30 heavy (non-hydrogen) atoms. The molecule has 1 atom stereocenters. The van der Waals surface area contributed by atoms with Crippen LogP contribution < -0.4 is 14.8 Å². The van der Waals surface area contributed by atoms with Gasteiger partial charge in [-0.25, -0.2) is 0 Å². The number of ether oxygens (including phenoxy) is 2. The van der Waals surface area contributed by atoms with Gasteiger partial charge in [0.05, 0.1) is 18.3 Å². The van der Waals surface area contributed by atoms with Gasteiger partial charge in [-0.15, -0.1) is 0 Å². The van der Waals surface area contributed by atoms with Crippen molar-refractivity contribution in [2.24, 2.45) is 0 Å². The third-order valence-electron chi connectivity index (χ3n) is 5.66. The number of carbonyl (C=O) groups excluding carboxylic acids is 2. The smallest absolute Gasteiger partial charge is 0.231 e. The van der Waals surface area contributed by atoms with E-state index >= 15 is 0 Å². The van der Waals surface area contributed by atoms with E-state index in [1.54, 1.807) is 6.92 Å². The van der Waals surface area contributed by atoms with Crippen molar-refractivity contribution < 1.29 is 19.1 Å². The van der Waals surface area contributed by atoms with Gasteiger partial charge in [0.25, 0.3) is 0 Å². The number of piperidine rings is 1. The number of nitrogens with one attached hydrogen (secondary N) is 1. The van der Waals surface area contributed by atoms with Gasteiger partial charge in [0.1, 0.15) is 11.5 Å². The molecule has 0 spiro atoms. The molecule has 3 rings (SSSR count). The van der Waals surface area contributed by atoms with Gasteiger partial charge in [-0.2, -0.15) is 0 Å². The lowest BCUT2D eigenvalue weighted by Gasteiger charge is -2.35. The van der Waals surface area contributed by atoms with Crippen LogP contribution in [-0.2, 0) is 11.2 Å². The van der Waals surface area contributed by atoms with E-state index in [4.69, 9.17) is 9.47 Å². The highest BCUT2D eigenvalue weighted by atomic mass is 16.5. The van der Waals surface area contributed by atoms with E-state index in [-0.39, 0.29) is 17.9 Å². The predicted molar refractivity (Wildman–Crippen MR) is 117 cm³/mol. The number of likely N-dealkylation sites (tertiary alicyclic amines) is 1. The van der Waals surface area contributed by atoms with Crippen LogP contribution in [0.5, 0.6) is 11.5 Å². The monoisotopic (exact) mass is 414 g/mol. The molecule has 1 aromatic carbocycles. The molecule has 1 N–H and O–H groups in total. The number of benzene rings is 1. The van der Waals surface area contributed by atoms with Crippen LogP contribution in [-0.4, -0.2) is 42.5 Å². The van der Waals surface area contributed by atoms with E-state index in [0.29, 0.717) is 23.7 Å². The number of fused-ring (bicyclic) bond motifs is 1. The fraction of sp³-hybridized carbons (Fsp3) is 0.583. The third kappa shape index (κ3) is 5.04. The van der Waals surface area contributed by atoms with Gasteiger partial charge in [-0.05, 0) is 63.7 Å². The van der Waals surface area contributed by atoms with Gasteiger partial charge in [-0.3, -0.25) is 14.5 Å². The summed E-state index contributed by atoms with van der Waals surface area (Å²) in [4.78, 5) is 26.4. The van der Waals surface area contributed by atoms with Crippen LogP contribution in [0.4, 0.5) is 0 Å². The molecule has 1 amide bonds. The number of allylic oxidation sites excluding steroid dienone is 2. The maximum atomic E-state index is 12.6. The Balaban J connectivity index is 1.63. The van der Waals surface area contributed by atoms with E-state index in [2.05, 4.69) is 17.1 Å². The zero-order chi connectivity index (χ0) is 21.7. The molecule has 0 radical (unpaired) electrons. The molecule has 0 saturated carbocycles. The van der Waals surface area contributed by atoms with Crippen molar-refractivity contribution in [3.05, 3.63) is 34.6 Å². The van der Waals surface area contributed by atoms with E-state index in [1.807, 2.05) is 26.0 Å². The molecule has 2 heterocycles. The summed E-state index contributed by atoms with van der Waals surface area (Å²) in [5.74, 6) is 1.89. The van der Waals surface area contributed by atoms with Gasteiger partial charge in [0, 0.05) is 25.6 Å². The van der Waals surface area contributed by atoms with E-state index in [9.17, 15) is 9.59 Å². The molecular weight excluding hydrogens is 380 g/mol. The van der Waals surface area contributed by atoms with Crippen molar-refractivity contribution in [3.63, 3.8) is 0 Å². The number of hydrogen-bond acceptors (Lipinski definition) is 5. The van der Waals surface area contributed by atoms with Crippen molar-refractivity contribution >= 4 is 11.7 Å². The van der Waals surface area contributed by atoms with Crippen LogP contribution in [0.3, 0.4) is 0 Å². The Hall–Kier alpha value is -2.34. The molecular formula is C24H34N2O4. The number of rotatable bonds is 8. The predicted octanol–water partition coefficient (Wildman–Crippen LogP) is 4.23. The highest BCUT2D eigenvalue weighted by molar-refractivity contribution is 6.13. The summed E-state index contributed by atoms with van der Waals surface area (Å²) in [7, 11) is 0. The highest BCUT2D eigenvalue weighted by Gasteiger charge is 2.32. The molecule has 1 aromatic rings. The van der Waals surface area contributed by atoms with Gasteiger partial charge in [0.2, 0.25) is 11.7 Å². The Bertz CT molecular complexity index is 827. The Morgan fingerprint density at radius 2 is 2.07 bits per heavy atom. The van der Waals surface area contributed by atoms with Gasteiger partial charge < -0.3 is 14.8 Å². The number of nitrogens with zero attached hydrogens (tertiary/aromatic N) is 1. The normalized spacial score (nSPS) is 18.7. The molecule has 6 heteroatoms. The average Bonchev–Trinajstić information content (AvgIpc) is 3.04. The lowest BCUT2D eigenvalue weighted by Crippen LogP contribution is -2.50. The van der Waals surface area contributed by atoms with Gasteiger partial charge in [-0.1, -0.05) is 13.3 Å². The number of hydrogen-bond donors (Lipinski definition) is 1. The van der Waals surface area contributed by atoms with E-state index in [0.717, 1.165) is 62.1 Å². The Kier molecular flexibility index (Phi) is 7.53. The number of carbonyl (C=O) groups is 2. The molecule has 1 saturated heterocycles. The van der Waals surface area contributed by atoms with Crippen molar-refractivity contribution in [1.29, 1.82) is 0 Å². The minimum absolute atomic E-state index is 0.0239. The molecule has 164 valence electrons. The number of amides is 1. The second kappa shape index (κ2) is 10.1. The molecule has 1 fully saturated rings. The molecule has 2 aliphatic rings. The van der Waals surface area contributed by atoms with Gasteiger partial charge >= 0.3 is 0 Å². The summed E-state index contributed by atoms with van der Waals surface area (Å²) in [6.07, 6.45) is 6.08. The first kappa shape index (κ1) is 22.3. The highest BCUT2D eigenvalue weighted by Crippen LogP contribution is 2.40. The summed E-state index contributed by atoms with van der Waals surface area (Å²) in [5.41, 5.74) is 2.50. The fourth-order valence-corrected chi connectivity index (χ4v) is 4.23. The van der Waals surface area contributed by atoms with E-state index < -0.39 is 0 Å². The third-order valence-corrected chi connectivity index (χ3v) is 5.66. The number of Topliss-reactive ketones (excluding diaryl/α,β-unsaturated/α-hetero) is 1. The van der Waals surface area contributed by atoms with Crippen LogP contribution in [0.25, 0.3) is 0 Å². The molecule has 1 unspecified atom stereocenters. The van der Waals surface area contributed by atoms with Crippen molar-refractivity contribution in [1.82, 2.24) is 10.2 Å². The minimum Gasteiger partial charge on any atom is -0.493 e. The Labute approximate surface area is 179 Å². The van der Waals surface area contributed by atoms with Crippen LogP contribution >= 0.6 is 0 Å². The fourth-order valence-electron chi connectivity index (χ4n) is 4.23. The topological polar surface area (TPSA) is 67.9 Å². The zero-order valence-corrected chi connectivity index (χ0v) is 18.7. The standard InChI is InChI=1S/C24H34N2O4/c1-5-9-18-20(12-11-19-22(28)23(16(2)3)30-24(18)19)29-15-8-14-26-13-7-6-10-21(26)25-17(4)27/h11-12,21H,5-10,13-15H2,1-4H3,(H,25,27). The summed E-state index contributed by atoms with van der Waals surface area (Å²) in [6, 6.07) is 3.72. The van der Waals surface area contributed by atoms with Crippen LogP contribution in [0, 0.1) is 0 Å². The van der Waals surface area contributed by atoms with Crippen molar-refractivity contribution in [3.8, 4) is 11.5 Å². The Morgan fingerprint density at radius 1 is 1.27 bits per heavy atom. The summed E-state index contributed by atoms with van der Waals surface area (Å²) in [5, 5.41) is 3.06. The molecule has 2 aliphatic heterocycles. The largest absolute Gasteiger partial charge is 0.493 e.